The summed E-state index contributed by atoms with van der Waals surface area (Å²) in [6, 6.07) is 6.50. The number of halogens is 1. The monoisotopic (exact) mass is 294 g/mol. The summed E-state index contributed by atoms with van der Waals surface area (Å²) in [5.41, 5.74) is -0.646. The van der Waals surface area contributed by atoms with E-state index in [1.54, 1.807) is 18.2 Å². The number of nitrogens with one attached hydrogen (secondary N) is 1. The maximum absolute atomic E-state index is 14.4. The lowest BCUT2D eigenvalue weighted by atomic mass is 9.84. The normalized spacial score (nSPS) is 19.6. The molecule has 1 aliphatic heterocycles. The van der Waals surface area contributed by atoms with E-state index >= 15 is 0 Å². The van der Waals surface area contributed by atoms with Gasteiger partial charge in [-0.2, -0.15) is 0 Å². The van der Waals surface area contributed by atoms with Gasteiger partial charge in [-0.1, -0.05) is 25.1 Å². The first-order valence-electron chi connectivity index (χ1n) is 7.46. The van der Waals surface area contributed by atoms with Crippen LogP contribution in [0.1, 0.15) is 25.3 Å². The number of benzene rings is 1. The van der Waals surface area contributed by atoms with Crippen LogP contribution in [-0.4, -0.2) is 44.2 Å². The fourth-order valence-electron chi connectivity index (χ4n) is 3.16. The SMILES string of the molecule is CCC(C(=O)OC)(c1ccccc1F)N1CCCNCC1. The molecule has 5 heteroatoms. The number of esters is 1. The van der Waals surface area contributed by atoms with Crippen molar-refractivity contribution in [3.05, 3.63) is 35.6 Å². The van der Waals surface area contributed by atoms with E-state index in [0.29, 0.717) is 18.5 Å². The Morgan fingerprint density at radius 2 is 2.14 bits per heavy atom. The minimum absolute atomic E-state index is 0.359. The summed E-state index contributed by atoms with van der Waals surface area (Å²) in [6.07, 6.45) is 1.40. The molecule has 0 radical (unpaired) electrons. The van der Waals surface area contributed by atoms with Crippen molar-refractivity contribution in [2.45, 2.75) is 25.3 Å². The maximum Gasteiger partial charge on any atom is 0.331 e. The molecule has 1 saturated heterocycles. The fraction of sp³-hybridized carbons (Fsp3) is 0.562. The van der Waals surface area contributed by atoms with Gasteiger partial charge < -0.3 is 10.1 Å². The quantitative estimate of drug-likeness (QED) is 0.861. The number of hydrogen-bond acceptors (Lipinski definition) is 4. The molecule has 0 spiro atoms. The highest BCUT2D eigenvalue weighted by Gasteiger charge is 2.46. The molecular formula is C16H23FN2O2. The van der Waals surface area contributed by atoms with Crippen LogP contribution in [0, 0.1) is 5.82 Å². The Hall–Kier alpha value is -1.46. The van der Waals surface area contributed by atoms with Gasteiger partial charge in [0.25, 0.3) is 0 Å². The van der Waals surface area contributed by atoms with E-state index in [-0.39, 0.29) is 5.82 Å². The second-order valence-electron chi connectivity index (χ2n) is 5.28. The molecule has 1 heterocycles. The number of methoxy groups -OCH3 is 1. The molecule has 2 rings (SSSR count). The first kappa shape index (κ1) is 15.9. The molecule has 1 aromatic carbocycles. The highest BCUT2D eigenvalue weighted by atomic mass is 19.1. The molecule has 1 atom stereocenters. The van der Waals surface area contributed by atoms with Gasteiger partial charge in [0.2, 0.25) is 0 Å². The zero-order valence-electron chi connectivity index (χ0n) is 12.7. The van der Waals surface area contributed by atoms with Gasteiger partial charge in [0.1, 0.15) is 11.4 Å². The van der Waals surface area contributed by atoms with Crippen molar-refractivity contribution in [2.24, 2.45) is 0 Å². The molecule has 0 bridgehead atoms. The summed E-state index contributed by atoms with van der Waals surface area (Å²) < 4.78 is 19.4. The predicted molar refractivity (Wildman–Crippen MR) is 79.4 cm³/mol. The third-order valence-corrected chi connectivity index (χ3v) is 4.23. The average Bonchev–Trinajstić information content (AvgIpc) is 2.79. The van der Waals surface area contributed by atoms with E-state index in [4.69, 9.17) is 4.74 Å². The Morgan fingerprint density at radius 1 is 1.38 bits per heavy atom. The Balaban J connectivity index is 2.52. The van der Waals surface area contributed by atoms with E-state index < -0.39 is 11.5 Å². The standard InChI is InChI=1S/C16H23FN2O2/c1-3-16(15(20)21-2,13-7-4-5-8-14(13)17)19-11-6-9-18-10-12-19/h4-5,7-8,18H,3,6,9-12H2,1-2H3. The number of nitrogens with zero attached hydrogens (tertiary/aromatic N) is 1. The van der Waals surface area contributed by atoms with E-state index in [2.05, 4.69) is 10.2 Å². The lowest BCUT2D eigenvalue weighted by molar-refractivity contribution is -0.157. The summed E-state index contributed by atoms with van der Waals surface area (Å²) in [4.78, 5) is 14.6. The molecule has 1 aromatic rings. The minimum Gasteiger partial charge on any atom is -0.467 e. The van der Waals surface area contributed by atoms with E-state index in [1.807, 2.05) is 6.92 Å². The third kappa shape index (κ3) is 2.94. The predicted octanol–water partition coefficient (Wildman–Crippen LogP) is 1.90. The van der Waals surface area contributed by atoms with Crippen LogP contribution in [0.2, 0.25) is 0 Å². The van der Waals surface area contributed by atoms with Crippen LogP contribution in [0.4, 0.5) is 4.39 Å². The van der Waals surface area contributed by atoms with Gasteiger partial charge >= 0.3 is 5.97 Å². The molecule has 0 aliphatic carbocycles. The van der Waals surface area contributed by atoms with Crippen molar-refractivity contribution in [3.8, 4) is 0 Å². The number of ether oxygens (including phenoxy) is 1. The van der Waals surface area contributed by atoms with Crippen LogP contribution in [0.5, 0.6) is 0 Å². The topological polar surface area (TPSA) is 41.6 Å². The Labute approximate surface area is 125 Å². The van der Waals surface area contributed by atoms with Crippen LogP contribution in [0.15, 0.2) is 24.3 Å². The van der Waals surface area contributed by atoms with Crippen molar-refractivity contribution in [1.82, 2.24) is 10.2 Å². The van der Waals surface area contributed by atoms with E-state index in [0.717, 1.165) is 26.1 Å². The summed E-state index contributed by atoms with van der Waals surface area (Å²) in [5, 5.41) is 3.31. The first-order valence-corrected chi connectivity index (χ1v) is 7.46. The Bertz CT molecular complexity index is 487. The molecule has 0 amide bonds. The fourth-order valence-corrected chi connectivity index (χ4v) is 3.16. The van der Waals surface area contributed by atoms with Crippen LogP contribution in [0.25, 0.3) is 0 Å². The second-order valence-corrected chi connectivity index (χ2v) is 5.28. The molecule has 21 heavy (non-hydrogen) atoms. The largest absolute Gasteiger partial charge is 0.467 e. The Kier molecular flexibility index (Phi) is 5.31. The molecule has 1 fully saturated rings. The second kappa shape index (κ2) is 7.00. The van der Waals surface area contributed by atoms with Crippen molar-refractivity contribution in [3.63, 3.8) is 0 Å². The van der Waals surface area contributed by atoms with Gasteiger partial charge in [-0.25, -0.2) is 9.18 Å². The van der Waals surface area contributed by atoms with Gasteiger partial charge in [-0.3, -0.25) is 4.90 Å². The van der Waals surface area contributed by atoms with Gasteiger partial charge in [0.05, 0.1) is 7.11 Å². The van der Waals surface area contributed by atoms with Crippen molar-refractivity contribution in [1.29, 1.82) is 0 Å². The van der Waals surface area contributed by atoms with Crippen molar-refractivity contribution < 1.29 is 13.9 Å². The molecule has 1 aliphatic rings. The summed E-state index contributed by atoms with van der Waals surface area (Å²) in [6.45, 7) is 5.03. The molecule has 4 nitrogen and oxygen atoms in total. The minimum atomic E-state index is -1.05. The highest BCUT2D eigenvalue weighted by Crippen LogP contribution is 2.35. The summed E-state index contributed by atoms with van der Waals surface area (Å²) in [5.74, 6) is -0.751. The van der Waals surface area contributed by atoms with Crippen LogP contribution in [-0.2, 0) is 15.1 Å². The van der Waals surface area contributed by atoms with Crippen LogP contribution in [0.3, 0.4) is 0 Å². The molecule has 116 valence electrons. The Morgan fingerprint density at radius 3 is 2.81 bits per heavy atom. The zero-order chi connectivity index (χ0) is 15.3. The molecule has 1 unspecified atom stereocenters. The number of rotatable bonds is 4. The van der Waals surface area contributed by atoms with Crippen molar-refractivity contribution >= 4 is 5.97 Å². The van der Waals surface area contributed by atoms with Gasteiger partial charge in [-0.15, -0.1) is 0 Å². The molecular weight excluding hydrogens is 271 g/mol. The number of carbonyl (C=O) groups is 1. The highest BCUT2D eigenvalue weighted by molar-refractivity contribution is 5.82. The molecule has 1 N–H and O–H groups in total. The third-order valence-electron chi connectivity index (χ3n) is 4.23. The number of carbonyl (C=O) groups excluding carboxylic acids is 1. The van der Waals surface area contributed by atoms with Gasteiger partial charge in [0.15, 0.2) is 0 Å². The summed E-state index contributed by atoms with van der Waals surface area (Å²) in [7, 11) is 1.36. The molecule has 0 aromatic heterocycles. The average molecular weight is 294 g/mol. The lowest BCUT2D eigenvalue weighted by Crippen LogP contribution is -2.53. The maximum atomic E-state index is 14.4. The smallest absolute Gasteiger partial charge is 0.331 e. The van der Waals surface area contributed by atoms with Gasteiger partial charge in [-0.05, 0) is 25.5 Å². The number of hydrogen-bond donors (Lipinski definition) is 1. The van der Waals surface area contributed by atoms with Crippen LogP contribution >= 0.6 is 0 Å². The van der Waals surface area contributed by atoms with E-state index in [9.17, 15) is 9.18 Å². The van der Waals surface area contributed by atoms with Crippen molar-refractivity contribution in [2.75, 3.05) is 33.3 Å². The zero-order valence-corrected chi connectivity index (χ0v) is 12.7. The lowest BCUT2D eigenvalue weighted by Gasteiger charge is -2.41. The summed E-state index contributed by atoms with van der Waals surface area (Å²) >= 11 is 0. The van der Waals surface area contributed by atoms with Gasteiger partial charge in [0, 0.05) is 25.2 Å². The van der Waals surface area contributed by atoms with Crippen LogP contribution < -0.4 is 5.32 Å². The van der Waals surface area contributed by atoms with E-state index in [1.165, 1.54) is 13.2 Å². The first-order chi connectivity index (χ1) is 10.2. The molecule has 0 saturated carbocycles.